The Hall–Kier alpha value is -3.66. The molecule has 0 amide bonds. The molecule has 1 aliphatic heterocycles. The van der Waals surface area contributed by atoms with Gasteiger partial charge in [-0.05, 0) is 31.5 Å². The summed E-state index contributed by atoms with van der Waals surface area (Å²) in [6.45, 7) is 2.77. The lowest BCUT2D eigenvalue weighted by atomic mass is 9.89. The van der Waals surface area contributed by atoms with Gasteiger partial charge in [0.15, 0.2) is 5.78 Å². The largest absolute Gasteiger partial charge is 0.416 e. The third-order valence-electron chi connectivity index (χ3n) is 4.98. The highest BCUT2D eigenvalue weighted by Gasteiger charge is 2.32. The third kappa shape index (κ3) is 4.65. The molecule has 7 nitrogen and oxygen atoms in total. The molecule has 168 valence electrons. The van der Waals surface area contributed by atoms with Crippen molar-refractivity contribution in [2.75, 3.05) is 18.8 Å². The number of carbonyl (C=O) groups excluding carboxylic acids is 2. The molecule has 2 aromatic rings. The fourth-order valence-electron chi connectivity index (χ4n) is 3.44. The van der Waals surface area contributed by atoms with Gasteiger partial charge in [0.1, 0.15) is 5.84 Å². The molecule has 0 atom stereocenters. The average Bonchev–Trinajstić information content (AvgIpc) is 2.79. The average molecular weight is 446 g/mol. The van der Waals surface area contributed by atoms with Gasteiger partial charge in [-0.3, -0.25) is 9.79 Å². The van der Waals surface area contributed by atoms with Crippen LogP contribution in [0.5, 0.6) is 0 Å². The van der Waals surface area contributed by atoms with Gasteiger partial charge in [0, 0.05) is 35.5 Å². The molecule has 0 spiro atoms. The number of hydrogen-bond donors (Lipinski definition) is 3. The molecule has 0 aromatic heterocycles. The van der Waals surface area contributed by atoms with Crippen molar-refractivity contribution < 1.29 is 27.6 Å². The molecule has 0 fully saturated rings. The van der Waals surface area contributed by atoms with Crippen molar-refractivity contribution >= 4 is 28.8 Å². The van der Waals surface area contributed by atoms with E-state index in [1.54, 1.807) is 6.92 Å². The number of nitrogens with two attached hydrogens (primary N) is 2. The predicted octanol–water partition coefficient (Wildman–Crippen LogP) is 3.10. The molecule has 1 heterocycles. The van der Waals surface area contributed by atoms with Crippen LogP contribution in [0.1, 0.15) is 40.4 Å². The van der Waals surface area contributed by atoms with Crippen LogP contribution in [0.3, 0.4) is 0 Å². The van der Waals surface area contributed by atoms with E-state index >= 15 is 0 Å². The normalized spacial score (nSPS) is 14.7. The number of amidine groups is 1. The molecular weight excluding hydrogens is 425 g/mol. The van der Waals surface area contributed by atoms with Gasteiger partial charge in [-0.2, -0.15) is 19.1 Å². The van der Waals surface area contributed by atoms with Crippen molar-refractivity contribution in [1.29, 1.82) is 0 Å². The second-order valence-electron chi connectivity index (χ2n) is 7.09. The Bertz CT molecular complexity index is 1120. The van der Waals surface area contributed by atoms with Crippen LogP contribution in [0.4, 0.5) is 18.9 Å². The maximum atomic E-state index is 13.3. The number of anilines is 1. The van der Waals surface area contributed by atoms with Gasteiger partial charge in [-0.1, -0.05) is 24.3 Å². The summed E-state index contributed by atoms with van der Waals surface area (Å²) in [6.07, 6.45) is -3.82. The predicted molar refractivity (Wildman–Crippen MR) is 114 cm³/mol. The zero-order chi connectivity index (χ0) is 23.5. The number of halogens is 3. The van der Waals surface area contributed by atoms with Crippen molar-refractivity contribution in [1.82, 2.24) is 5.32 Å². The standard InChI is InChI=1S/C22H21F3N4O3/c1-12(20-28-9-4-10-29-20)17(21(31)32-27)15-7-3-8-16(26)18(15)19(30)13-5-2-6-14(11-13)22(23,24)25/h2-3,5-8,11H,4,9-10,26-27H2,1H3,(H,28,29). The molecule has 0 aliphatic carbocycles. The van der Waals surface area contributed by atoms with Gasteiger partial charge in [0.2, 0.25) is 0 Å². The van der Waals surface area contributed by atoms with Crippen LogP contribution in [0.15, 0.2) is 53.0 Å². The first kappa shape index (κ1) is 23.0. The molecule has 32 heavy (non-hydrogen) atoms. The molecule has 10 heteroatoms. The van der Waals surface area contributed by atoms with E-state index < -0.39 is 23.5 Å². The Kier molecular flexibility index (Phi) is 6.64. The van der Waals surface area contributed by atoms with Crippen LogP contribution in [-0.2, 0) is 15.8 Å². The Balaban J connectivity index is 2.21. The van der Waals surface area contributed by atoms with E-state index in [1.807, 2.05) is 0 Å². The molecule has 1 aliphatic rings. The van der Waals surface area contributed by atoms with Crippen LogP contribution >= 0.6 is 0 Å². The summed E-state index contributed by atoms with van der Waals surface area (Å²) >= 11 is 0. The Morgan fingerprint density at radius 1 is 1.16 bits per heavy atom. The van der Waals surface area contributed by atoms with E-state index in [9.17, 15) is 22.8 Å². The van der Waals surface area contributed by atoms with E-state index in [0.29, 0.717) is 24.5 Å². The van der Waals surface area contributed by atoms with Crippen molar-refractivity contribution in [2.24, 2.45) is 10.9 Å². The lowest BCUT2D eigenvalue weighted by Crippen LogP contribution is -2.31. The first-order valence-electron chi connectivity index (χ1n) is 9.66. The van der Waals surface area contributed by atoms with Gasteiger partial charge >= 0.3 is 12.1 Å². The number of nitrogens with zero attached hydrogens (tertiary/aromatic N) is 1. The highest BCUT2D eigenvalue weighted by atomic mass is 19.4. The maximum absolute atomic E-state index is 13.3. The molecule has 5 N–H and O–H groups in total. The minimum atomic E-state index is -4.63. The Morgan fingerprint density at radius 3 is 2.50 bits per heavy atom. The Labute approximate surface area is 181 Å². The summed E-state index contributed by atoms with van der Waals surface area (Å²) < 4.78 is 39.4. The zero-order valence-corrected chi connectivity index (χ0v) is 17.1. The lowest BCUT2D eigenvalue weighted by Gasteiger charge is -2.19. The van der Waals surface area contributed by atoms with E-state index in [-0.39, 0.29) is 28.0 Å². The number of carbonyl (C=O) groups is 2. The number of aliphatic imine (C=N–C) groups is 1. The van der Waals surface area contributed by atoms with Gasteiger partial charge in [0.25, 0.3) is 0 Å². The van der Waals surface area contributed by atoms with E-state index in [4.69, 9.17) is 11.6 Å². The number of nitrogen functional groups attached to an aromatic ring is 1. The van der Waals surface area contributed by atoms with Crippen LogP contribution < -0.4 is 16.9 Å². The van der Waals surface area contributed by atoms with Crippen molar-refractivity contribution in [3.63, 3.8) is 0 Å². The first-order valence-corrected chi connectivity index (χ1v) is 9.66. The monoisotopic (exact) mass is 446 g/mol. The fourth-order valence-corrected chi connectivity index (χ4v) is 3.44. The topological polar surface area (TPSA) is 120 Å². The summed E-state index contributed by atoms with van der Waals surface area (Å²) in [5, 5.41) is 3.07. The molecular formula is C22H21F3N4O3. The van der Waals surface area contributed by atoms with Gasteiger partial charge in [0.05, 0.1) is 16.7 Å². The summed E-state index contributed by atoms with van der Waals surface area (Å²) in [6, 6.07) is 8.37. The minimum Gasteiger partial charge on any atom is -0.398 e. The number of hydrogen-bond acceptors (Lipinski definition) is 7. The summed E-state index contributed by atoms with van der Waals surface area (Å²) in [5.41, 5.74) is 5.06. The second kappa shape index (κ2) is 9.23. The number of ketones is 1. The minimum absolute atomic E-state index is 0.0152. The smallest absolute Gasteiger partial charge is 0.398 e. The molecule has 0 saturated heterocycles. The van der Waals surface area contributed by atoms with E-state index in [1.165, 1.54) is 24.3 Å². The molecule has 3 rings (SSSR count). The number of nitrogens with one attached hydrogen (secondary N) is 1. The summed E-state index contributed by atoms with van der Waals surface area (Å²) in [5.74, 6) is 3.84. The van der Waals surface area contributed by atoms with E-state index in [2.05, 4.69) is 15.1 Å². The molecule has 0 saturated carbocycles. The Morgan fingerprint density at radius 2 is 1.88 bits per heavy atom. The van der Waals surface area contributed by atoms with Crippen LogP contribution in [0.2, 0.25) is 0 Å². The van der Waals surface area contributed by atoms with Crippen LogP contribution in [-0.4, -0.2) is 30.7 Å². The van der Waals surface area contributed by atoms with Crippen LogP contribution in [0.25, 0.3) is 5.57 Å². The number of rotatable bonds is 5. The molecule has 0 radical (unpaired) electrons. The quantitative estimate of drug-likeness (QED) is 0.281. The summed E-state index contributed by atoms with van der Waals surface area (Å²) in [4.78, 5) is 34.7. The zero-order valence-electron chi connectivity index (χ0n) is 17.1. The SMILES string of the molecule is CC(C1=NCCCN1)=C(C(=O)ON)c1cccc(N)c1C(=O)c1cccc(C(F)(F)F)c1. The van der Waals surface area contributed by atoms with Crippen molar-refractivity contribution in [2.45, 2.75) is 19.5 Å². The maximum Gasteiger partial charge on any atom is 0.416 e. The number of alkyl halides is 3. The first-order chi connectivity index (χ1) is 15.1. The van der Waals surface area contributed by atoms with Crippen LogP contribution in [0, 0.1) is 0 Å². The molecule has 0 bridgehead atoms. The number of benzene rings is 2. The second-order valence-corrected chi connectivity index (χ2v) is 7.09. The van der Waals surface area contributed by atoms with Crippen molar-refractivity contribution in [3.8, 4) is 0 Å². The van der Waals surface area contributed by atoms with Crippen molar-refractivity contribution in [3.05, 3.63) is 70.3 Å². The van der Waals surface area contributed by atoms with Gasteiger partial charge in [-0.15, -0.1) is 0 Å². The van der Waals surface area contributed by atoms with Gasteiger partial charge < -0.3 is 15.9 Å². The highest BCUT2D eigenvalue weighted by molar-refractivity contribution is 6.27. The summed E-state index contributed by atoms with van der Waals surface area (Å²) in [7, 11) is 0. The fraction of sp³-hybridized carbons (Fsp3) is 0.227. The molecule has 2 aromatic carbocycles. The lowest BCUT2D eigenvalue weighted by molar-refractivity contribution is -0.138. The molecule has 0 unspecified atom stereocenters. The third-order valence-corrected chi connectivity index (χ3v) is 4.98. The van der Waals surface area contributed by atoms with E-state index in [0.717, 1.165) is 24.6 Å². The highest BCUT2D eigenvalue weighted by Crippen LogP contribution is 2.33. The van der Waals surface area contributed by atoms with Gasteiger partial charge in [-0.25, -0.2) is 4.79 Å².